The van der Waals surface area contributed by atoms with Gasteiger partial charge in [0.2, 0.25) is 0 Å². The topological polar surface area (TPSA) is 63.2 Å². The minimum atomic E-state index is -1.80. The highest BCUT2D eigenvalue weighted by Gasteiger charge is 2.53. The summed E-state index contributed by atoms with van der Waals surface area (Å²) in [5.74, 6) is -1.45. The van der Waals surface area contributed by atoms with E-state index in [1.807, 2.05) is 20.1 Å². The molecule has 124 valence electrons. The lowest BCUT2D eigenvalue weighted by Gasteiger charge is -2.35. The molecule has 0 radical (unpaired) electrons. The SMILES string of the molecule is CSC(C)(C)C(NC(=O)C1(F)CC1)C(=O)C1CCCC1C=O. The Labute approximate surface area is 135 Å². The van der Waals surface area contributed by atoms with Gasteiger partial charge in [-0.2, -0.15) is 11.8 Å². The zero-order chi connectivity index (χ0) is 16.5. The maximum Gasteiger partial charge on any atom is 0.258 e. The Balaban J connectivity index is 2.18. The van der Waals surface area contributed by atoms with Crippen LogP contribution in [0.2, 0.25) is 0 Å². The van der Waals surface area contributed by atoms with E-state index >= 15 is 0 Å². The van der Waals surface area contributed by atoms with Crippen LogP contribution < -0.4 is 5.32 Å². The van der Waals surface area contributed by atoms with E-state index in [1.54, 1.807) is 0 Å². The number of alkyl halides is 1. The molecule has 2 saturated carbocycles. The second kappa shape index (κ2) is 6.30. The molecule has 22 heavy (non-hydrogen) atoms. The average Bonchev–Trinajstić information content (AvgIpc) is 3.06. The van der Waals surface area contributed by atoms with Gasteiger partial charge in [-0.05, 0) is 45.8 Å². The number of rotatable bonds is 7. The number of halogens is 1. The standard InChI is InChI=1S/C16H24FNO3S/c1-15(2,22-3)13(18-14(21)16(17)7-8-16)12(20)11-6-4-5-10(11)9-19/h9-11,13H,4-8H2,1-3H3,(H,18,21). The Morgan fingerprint density at radius 2 is 2.00 bits per heavy atom. The molecule has 0 saturated heterocycles. The normalized spacial score (nSPS) is 28.0. The van der Waals surface area contributed by atoms with Gasteiger partial charge < -0.3 is 10.1 Å². The molecular formula is C16H24FNO3S. The van der Waals surface area contributed by atoms with E-state index in [2.05, 4.69) is 5.32 Å². The number of hydrogen-bond donors (Lipinski definition) is 1. The molecule has 4 nitrogen and oxygen atoms in total. The van der Waals surface area contributed by atoms with Gasteiger partial charge in [0.15, 0.2) is 11.5 Å². The molecule has 3 unspecified atom stereocenters. The predicted octanol–water partition coefficient (Wildman–Crippen LogP) is 2.30. The van der Waals surface area contributed by atoms with E-state index in [1.165, 1.54) is 11.8 Å². The quantitative estimate of drug-likeness (QED) is 0.728. The van der Waals surface area contributed by atoms with Crippen molar-refractivity contribution < 1.29 is 18.8 Å². The second-order valence-corrected chi connectivity index (χ2v) is 8.38. The van der Waals surface area contributed by atoms with E-state index < -0.39 is 22.4 Å². The van der Waals surface area contributed by atoms with Gasteiger partial charge in [-0.25, -0.2) is 4.39 Å². The minimum absolute atomic E-state index is 0.133. The van der Waals surface area contributed by atoms with Crippen molar-refractivity contribution in [2.24, 2.45) is 11.8 Å². The van der Waals surface area contributed by atoms with Crippen LogP contribution in [-0.4, -0.2) is 40.7 Å². The molecule has 0 aromatic carbocycles. The van der Waals surface area contributed by atoms with Crippen molar-refractivity contribution in [1.82, 2.24) is 5.32 Å². The maximum atomic E-state index is 13.9. The average molecular weight is 329 g/mol. The summed E-state index contributed by atoms with van der Waals surface area (Å²) < 4.78 is 13.4. The summed E-state index contributed by atoms with van der Waals surface area (Å²) in [6.45, 7) is 3.73. The van der Waals surface area contributed by atoms with Crippen molar-refractivity contribution in [2.75, 3.05) is 6.26 Å². The summed E-state index contributed by atoms with van der Waals surface area (Å²) in [6.07, 6.45) is 5.37. The van der Waals surface area contributed by atoms with Gasteiger partial charge in [-0.1, -0.05) is 6.42 Å². The van der Waals surface area contributed by atoms with Gasteiger partial charge >= 0.3 is 0 Å². The molecule has 0 spiro atoms. The summed E-state index contributed by atoms with van der Waals surface area (Å²) in [4.78, 5) is 36.1. The molecular weight excluding hydrogens is 305 g/mol. The number of nitrogens with one attached hydrogen (secondary N) is 1. The molecule has 1 N–H and O–H groups in total. The van der Waals surface area contributed by atoms with Gasteiger partial charge in [0.1, 0.15) is 12.3 Å². The highest BCUT2D eigenvalue weighted by molar-refractivity contribution is 8.00. The molecule has 0 bridgehead atoms. The molecule has 6 heteroatoms. The Hall–Kier alpha value is -0.910. The van der Waals surface area contributed by atoms with Gasteiger partial charge in [-0.3, -0.25) is 9.59 Å². The molecule has 1 amide bonds. The van der Waals surface area contributed by atoms with Crippen LogP contribution in [0.5, 0.6) is 0 Å². The van der Waals surface area contributed by atoms with Gasteiger partial charge in [0.05, 0.1) is 0 Å². The van der Waals surface area contributed by atoms with E-state index in [4.69, 9.17) is 0 Å². The lowest BCUT2D eigenvalue weighted by molar-refractivity contribution is -0.135. The van der Waals surface area contributed by atoms with E-state index in [9.17, 15) is 18.8 Å². The second-order valence-electron chi connectivity index (χ2n) is 6.92. The van der Waals surface area contributed by atoms with Crippen molar-refractivity contribution in [3.8, 4) is 0 Å². The minimum Gasteiger partial charge on any atom is -0.342 e. The lowest BCUT2D eigenvalue weighted by Crippen LogP contribution is -2.56. The van der Waals surface area contributed by atoms with Crippen LogP contribution in [0.1, 0.15) is 46.0 Å². The Morgan fingerprint density at radius 1 is 1.36 bits per heavy atom. The Bertz CT molecular complexity index is 476. The highest BCUT2D eigenvalue weighted by Crippen LogP contribution is 2.41. The third kappa shape index (κ3) is 3.36. The molecule has 2 aliphatic rings. The summed E-state index contributed by atoms with van der Waals surface area (Å²) >= 11 is 1.46. The summed E-state index contributed by atoms with van der Waals surface area (Å²) in [5.41, 5.74) is -1.80. The number of hydrogen-bond acceptors (Lipinski definition) is 4. The molecule has 0 aliphatic heterocycles. The van der Waals surface area contributed by atoms with Crippen LogP contribution >= 0.6 is 11.8 Å². The zero-order valence-corrected chi connectivity index (χ0v) is 14.2. The number of thioether (sulfide) groups is 1. The molecule has 0 aromatic rings. The molecule has 2 aliphatic carbocycles. The number of aldehydes is 1. The summed E-state index contributed by atoms with van der Waals surface area (Å²) in [6, 6.07) is -0.770. The van der Waals surface area contributed by atoms with Crippen LogP contribution in [0, 0.1) is 11.8 Å². The fourth-order valence-electron chi connectivity index (χ4n) is 3.02. The Morgan fingerprint density at radius 3 is 2.50 bits per heavy atom. The van der Waals surface area contributed by atoms with E-state index in [0.29, 0.717) is 12.8 Å². The van der Waals surface area contributed by atoms with Crippen molar-refractivity contribution >= 4 is 29.7 Å². The molecule has 3 atom stereocenters. The van der Waals surface area contributed by atoms with Crippen molar-refractivity contribution in [1.29, 1.82) is 0 Å². The highest BCUT2D eigenvalue weighted by atomic mass is 32.2. The van der Waals surface area contributed by atoms with E-state index in [-0.39, 0.29) is 30.5 Å². The maximum absolute atomic E-state index is 13.9. The van der Waals surface area contributed by atoms with Crippen molar-refractivity contribution in [3.63, 3.8) is 0 Å². The largest absolute Gasteiger partial charge is 0.342 e. The molecule has 0 heterocycles. The first-order valence-electron chi connectivity index (χ1n) is 7.79. The monoisotopic (exact) mass is 329 g/mol. The number of ketones is 1. The van der Waals surface area contributed by atoms with Crippen LogP contribution in [0.15, 0.2) is 0 Å². The fourth-order valence-corrected chi connectivity index (χ4v) is 3.43. The lowest BCUT2D eigenvalue weighted by atomic mass is 9.84. The first-order valence-corrected chi connectivity index (χ1v) is 9.02. The summed E-state index contributed by atoms with van der Waals surface area (Å²) in [7, 11) is 0. The number of carbonyl (C=O) groups excluding carboxylic acids is 3. The smallest absolute Gasteiger partial charge is 0.258 e. The number of amides is 1. The third-order valence-electron chi connectivity index (χ3n) is 4.99. The van der Waals surface area contributed by atoms with Gasteiger partial charge in [0, 0.05) is 16.6 Å². The number of carbonyl (C=O) groups is 3. The summed E-state index contributed by atoms with van der Waals surface area (Å²) in [5, 5.41) is 2.63. The van der Waals surface area contributed by atoms with Crippen LogP contribution in [0.25, 0.3) is 0 Å². The van der Waals surface area contributed by atoms with Crippen molar-refractivity contribution in [2.45, 2.75) is 62.4 Å². The third-order valence-corrected chi connectivity index (χ3v) is 6.27. The fraction of sp³-hybridized carbons (Fsp3) is 0.812. The molecule has 2 fully saturated rings. The van der Waals surface area contributed by atoms with Gasteiger partial charge in [-0.15, -0.1) is 0 Å². The Kier molecular flexibility index (Phi) is 5.00. The van der Waals surface area contributed by atoms with Gasteiger partial charge in [0.25, 0.3) is 5.91 Å². The number of Topliss-reactive ketones (excluding diaryl/α,β-unsaturated/α-hetero) is 1. The zero-order valence-electron chi connectivity index (χ0n) is 13.4. The van der Waals surface area contributed by atoms with Crippen LogP contribution in [0.4, 0.5) is 4.39 Å². The molecule has 2 rings (SSSR count). The van der Waals surface area contributed by atoms with Crippen LogP contribution in [0.3, 0.4) is 0 Å². The molecule has 0 aromatic heterocycles. The first kappa shape index (κ1) is 17.4. The van der Waals surface area contributed by atoms with Crippen molar-refractivity contribution in [3.05, 3.63) is 0 Å². The van der Waals surface area contributed by atoms with E-state index in [0.717, 1.165) is 12.7 Å². The first-order chi connectivity index (χ1) is 10.2. The van der Waals surface area contributed by atoms with Crippen LogP contribution in [-0.2, 0) is 14.4 Å². The predicted molar refractivity (Wildman–Crippen MR) is 84.5 cm³/mol.